The van der Waals surface area contributed by atoms with Crippen molar-refractivity contribution in [1.82, 2.24) is 15.6 Å². The fourth-order valence-corrected chi connectivity index (χ4v) is 4.95. The van der Waals surface area contributed by atoms with Crippen molar-refractivity contribution in [2.75, 3.05) is 38.7 Å². The number of hydrogen-bond acceptors (Lipinski definition) is 8. The summed E-state index contributed by atoms with van der Waals surface area (Å²) in [6.07, 6.45) is -3.27. The molecule has 0 radical (unpaired) electrons. The van der Waals surface area contributed by atoms with Crippen molar-refractivity contribution in [3.8, 4) is 5.75 Å². The standard InChI is InChI=1S/C31H34F5N5O5/c1-44-22-8-4-19(5-9-22)27(18-2-6-20(32)7-3-18)28(37)29(42)41-26-14-38-13-25(33)24(26)11-10-23-12-39-21(15-45-23)16-46-30(43)40-17-31(34,35)36/h2-9,13-14,21,23,27-28,39H,10-12,15-17,37H2,1H3,(H,40,43)(H,41,42)/t21-,23+,27-,28-/m0/s1. The number of halogens is 5. The lowest BCUT2D eigenvalue weighted by molar-refractivity contribution is -0.124. The van der Waals surface area contributed by atoms with Gasteiger partial charge in [0, 0.05) is 18.0 Å². The second-order valence-corrected chi connectivity index (χ2v) is 10.6. The monoisotopic (exact) mass is 651 g/mol. The number of morpholine rings is 1. The number of carbonyl (C=O) groups is 2. The molecule has 2 heterocycles. The van der Waals surface area contributed by atoms with Gasteiger partial charge in [-0.1, -0.05) is 24.3 Å². The largest absolute Gasteiger partial charge is 0.497 e. The number of alkyl carbamates (subject to hydrolysis) is 1. The van der Waals surface area contributed by atoms with Crippen LogP contribution in [-0.2, 0) is 20.7 Å². The first-order valence-corrected chi connectivity index (χ1v) is 14.3. The summed E-state index contributed by atoms with van der Waals surface area (Å²) in [5.41, 5.74) is 8.09. The first kappa shape index (κ1) is 34.5. The number of rotatable bonds is 12. The highest BCUT2D eigenvalue weighted by Crippen LogP contribution is 2.30. The summed E-state index contributed by atoms with van der Waals surface area (Å²) in [4.78, 5) is 28.8. The van der Waals surface area contributed by atoms with Gasteiger partial charge in [-0.25, -0.2) is 13.6 Å². The number of aromatic nitrogens is 1. The smallest absolute Gasteiger partial charge is 0.407 e. The van der Waals surface area contributed by atoms with Gasteiger partial charge in [-0.3, -0.25) is 9.78 Å². The zero-order valence-electron chi connectivity index (χ0n) is 24.8. The van der Waals surface area contributed by atoms with E-state index in [2.05, 4.69) is 15.6 Å². The van der Waals surface area contributed by atoms with Gasteiger partial charge in [0.05, 0.1) is 50.0 Å². The minimum absolute atomic E-state index is 0.102. The molecular formula is C31H34F5N5O5. The quantitative estimate of drug-likeness (QED) is 0.216. The molecule has 15 heteroatoms. The molecule has 0 aliphatic carbocycles. The van der Waals surface area contributed by atoms with Gasteiger partial charge in [0.2, 0.25) is 5.91 Å². The summed E-state index contributed by atoms with van der Waals surface area (Å²) >= 11 is 0. The van der Waals surface area contributed by atoms with Gasteiger partial charge >= 0.3 is 12.3 Å². The van der Waals surface area contributed by atoms with E-state index in [0.29, 0.717) is 29.8 Å². The molecule has 0 unspecified atom stereocenters. The third-order valence-electron chi connectivity index (χ3n) is 7.36. The molecule has 4 atom stereocenters. The Balaban J connectivity index is 1.36. The number of ether oxygens (including phenoxy) is 3. The maximum atomic E-state index is 15.0. The Hall–Kier alpha value is -4.34. The van der Waals surface area contributed by atoms with Crippen LogP contribution in [0.1, 0.15) is 29.0 Å². The fraction of sp³-hybridized carbons (Fsp3) is 0.387. The van der Waals surface area contributed by atoms with E-state index in [9.17, 15) is 31.5 Å². The minimum atomic E-state index is -4.55. The third-order valence-corrected chi connectivity index (χ3v) is 7.36. The Labute approximate surface area is 261 Å². The highest BCUT2D eigenvalue weighted by Gasteiger charge is 2.30. The molecule has 2 aromatic carbocycles. The van der Waals surface area contributed by atoms with Crippen molar-refractivity contribution in [2.24, 2.45) is 5.73 Å². The number of pyridine rings is 1. The first-order chi connectivity index (χ1) is 21.9. The Morgan fingerprint density at radius 2 is 1.76 bits per heavy atom. The summed E-state index contributed by atoms with van der Waals surface area (Å²) in [5.74, 6) is -1.78. The van der Waals surface area contributed by atoms with Gasteiger partial charge in [-0.2, -0.15) is 13.2 Å². The summed E-state index contributed by atoms with van der Waals surface area (Å²) < 4.78 is 81.1. The summed E-state index contributed by atoms with van der Waals surface area (Å²) in [5, 5.41) is 7.41. The van der Waals surface area contributed by atoms with E-state index in [-0.39, 0.29) is 37.0 Å². The molecule has 1 aliphatic heterocycles. The summed E-state index contributed by atoms with van der Waals surface area (Å²) in [6.45, 7) is -1.30. The molecule has 1 saturated heterocycles. The van der Waals surface area contributed by atoms with Crippen LogP contribution in [0.2, 0.25) is 0 Å². The van der Waals surface area contributed by atoms with Crippen LogP contribution in [0, 0.1) is 11.6 Å². The van der Waals surface area contributed by atoms with Gasteiger partial charge in [0.25, 0.3) is 0 Å². The van der Waals surface area contributed by atoms with Crippen molar-refractivity contribution in [2.45, 2.75) is 43.1 Å². The van der Waals surface area contributed by atoms with Crippen LogP contribution in [0.15, 0.2) is 60.9 Å². The van der Waals surface area contributed by atoms with Crippen LogP contribution in [0.5, 0.6) is 5.75 Å². The van der Waals surface area contributed by atoms with Gasteiger partial charge < -0.3 is 35.9 Å². The molecule has 0 saturated carbocycles. The number of nitrogens with two attached hydrogens (primary N) is 1. The van der Waals surface area contributed by atoms with Crippen LogP contribution in [0.3, 0.4) is 0 Å². The maximum absolute atomic E-state index is 15.0. The van der Waals surface area contributed by atoms with Crippen molar-refractivity contribution in [3.63, 3.8) is 0 Å². The van der Waals surface area contributed by atoms with E-state index in [1.54, 1.807) is 41.7 Å². The lowest BCUT2D eigenvalue weighted by Gasteiger charge is -2.30. The maximum Gasteiger partial charge on any atom is 0.407 e. The van der Waals surface area contributed by atoms with Crippen LogP contribution in [0.4, 0.5) is 32.4 Å². The molecule has 10 nitrogen and oxygen atoms in total. The van der Waals surface area contributed by atoms with E-state index in [1.807, 2.05) is 0 Å². The van der Waals surface area contributed by atoms with Crippen LogP contribution in [-0.4, -0.2) is 74.8 Å². The van der Waals surface area contributed by atoms with Crippen molar-refractivity contribution in [1.29, 1.82) is 0 Å². The fourth-order valence-electron chi connectivity index (χ4n) is 4.95. The summed E-state index contributed by atoms with van der Waals surface area (Å²) in [6, 6.07) is 11.0. The molecule has 46 heavy (non-hydrogen) atoms. The Morgan fingerprint density at radius 3 is 2.37 bits per heavy atom. The van der Waals surface area contributed by atoms with Crippen molar-refractivity contribution < 1.29 is 45.8 Å². The van der Waals surface area contributed by atoms with E-state index < -0.39 is 54.4 Å². The number of nitrogens with one attached hydrogen (secondary N) is 3. The highest BCUT2D eigenvalue weighted by atomic mass is 19.4. The topological polar surface area (TPSA) is 137 Å². The first-order valence-electron chi connectivity index (χ1n) is 14.3. The predicted octanol–water partition coefficient (Wildman–Crippen LogP) is 4.04. The van der Waals surface area contributed by atoms with E-state index in [4.69, 9.17) is 19.9 Å². The van der Waals surface area contributed by atoms with E-state index in [1.165, 1.54) is 25.4 Å². The average molecular weight is 652 g/mol. The van der Waals surface area contributed by atoms with E-state index in [0.717, 1.165) is 6.20 Å². The Morgan fingerprint density at radius 1 is 1.09 bits per heavy atom. The van der Waals surface area contributed by atoms with Crippen LogP contribution >= 0.6 is 0 Å². The van der Waals surface area contributed by atoms with Gasteiger partial charge in [-0.15, -0.1) is 0 Å². The molecule has 1 aliphatic rings. The van der Waals surface area contributed by atoms with E-state index >= 15 is 0 Å². The third kappa shape index (κ3) is 9.83. The van der Waals surface area contributed by atoms with Gasteiger partial charge in [0.1, 0.15) is 30.5 Å². The van der Waals surface area contributed by atoms with Crippen molar-refractivity contribution in [3.05, 3.63) is 89.2 Å². The lowest BCUT2D eigenvalue weighted by atomic mass is 9.85. The second kappa shape index (κ2) is 15.8. The highest BCUT2D eigenvalue weighted by molar-refractivity contribution is 5.96. The molecule has 3 aromatic rings. The normalized spacial score (nSPS) is 17.9. The number of nitrogens with zero attached hydrogens (tertiary/aromatic N) is 1. The SMILES string of the molecule is COc1ccc([C@H](c2ccc(F)cc2)[C@H](N)C(=O)Nc2cncc(F)c2CC[C@@H]2CN[C@H](COC(=O)NCC(F)(F)F)CO2)cc1. The molecule has 2 amide bonds. The molecule has 248 valence electrons. The van der Waals surface area contributed by atoms with Gasteiger partial charge in [0.15, 0.2) is 0 Å². The number of anilines is 1. The number of benzene rings is 2. The zero-order valence-corrected chi connectivity index (χ0v) is 24.8. The molecule has 1 fully saturated rings. The van der Waals surface area contributed by atoms with Crippen molar-refractivity contribution >= 4 is 17.7 Å². The lowest BCUT2D eigenvalue weighted by Crippen LogP contribution is -2.49. The molecular weight excluding hydrogens is 617 g/mol. The second-order valence-electron chi connectivity index (χ2n) is 10.6. The molecule has 0 bridgehead atoms. The minimum Gasteiger partial charge on any atom is -0.497 e. The van der Waals surface area contributed by atoms with Crippen LogP contribution < -0.4 is 26.4 Å². The number of hydrogen-bond donors (Lipinski definition) is 4. The average Bonchev–Trinajstić information content (AvgIpc) is 3.04. The summed E-state index contributed by atoms with van der Waals surface area (Å²) in [7, 11) is 1.52. The molecule has 5 N–H and O–H groups in total. The molecule has 1 aromatic heterocycles. The number of carbonyl (C=O) groups excluding carboxylic acids is 2. The number of amides is 2. The Kier molecular flexibility index (Phi) is 11.8. The number of methoxy groups -OCH3 is 1. The number of alkyl halides is 3. The van der Waals surface area contributed by atoms with Crippen LogP contribution in [0.25, 0.3) is 0 Å². The Bertz CT molecular complexity index is 1450. The predicted molar refractivity (Wildman–Crippen MR) is 157 cm³/mol. The molecule has 4 rings (SSSR count). The van der Waals surface area contributed by atoms with Gasteiger partial charge in [-0.05, 0) is 48.2 Å². The molecule has 0 spiro atoms. The zero-order chi connectivity index (χ0) is 33.3.